The van der Waals surface area contributed by atoms with Crippen LogP contribution in [0.1, 0.15) is 32.8 Å². The fourth-order valence-electron chi connectivity index (χ4n) is 2.24. The van der Waals surface area contributed by atoms with Crippen molar-refractivity contribution in [2.24, 2.45) is 0 Å². The van der Waals surface area contributed by atoms with Crippen LogP contribution in [-0.4, -0.2) is 30.5 Å². The zero-order chi connectivity index (χ0) is 14.0. The first kappa shape index (κ1) is 13.9. The molecular formula is C15H21NO3. The Morgan fingerprint density at radius 1 is 1.32 bits per heavy atom. The molecule has 4 nitrogen and oxygen atoms in total. The van der Waals surface area contributed by atoms with Crippen molar-refractivity contribution in [3.8, 4) is 0 Å². The molecule has 0 spiro atoms. The molecule has 1 fully saturated rings. The fourth-order valence-corrected chi connectivity index (χ4v) is 2.24. The molecule has 1 atom stereocenters. The van der Waals surface area contributed by atoms with Crippen LogP contribution in [-0.2, 0) is 10.2 Å². The van der Waals surface area contributed by atoms with Gasteiger partial charge in [-0.1, -0.05) is 32.9 Å². The molecular weight excluding hydrogens is 242 g/mol. The number of hydrogen-bond donors (Lipinski definition) is 1. The van der Waals surface area contributed by atoms with Gasteiger partial charge < -0.3 is 9.84 Å². The Hall–Kier alpha value is -1.55. The van der Waals surface area contributed by atoms with Crippen molar-refractivity contribution in [2.45, 2.75) is 38.6 Å². The molecule has 0 radical (unpaired) electrons. The molecule has 1 unspecified atom stereocenters. The van der Waals surface area contributed by atoms with Crippen LogP contribution >= 0.6 is 0 Å². The van der Waals surface area contributed by atoms with E-state index in [4.69, 9.17) is 4.74 Å². The van der Waals surface area contributed by atoms with E-state index >= 15 is 0 Å². The maximum atomic E-state index is 11.8. The van der Waals surface area contributed by atoms with Crippen molar-refractivity contribution in [3.05, 3.63) is 29.8 Å². The number of aliphatic hydroxyl groups excluding tert-OH is 1. The average Bonchev–Trinajstić information content (AvgIpc) is 2.37. The Morgan fingerprint density at radius 2 is 1.95 bits per heavy atom. The van der Waals surface area contributed by atoms with Gasteiger partial charge in [0.25, 0.3) is 0 Å². The molecule has 1 amide bonds. The molecule has 0 aliphatic carbocycles. The lowest BCUT2D eigenvalue weighted by Gasteiger charge is -2.34. The highest BCUT2D eigenvalue weighted by molar-refractivity contribution is 5.89. The minimum atomic E-state index is -0.381. The SMILES string of the molecule is CC(C)(C)c1ccc(N2C(=O)OCCC2CO)cc1. The number of cyclic esters (lactones) is 1. The number of benzene rings is 1. The second-order valence-electron chi connectivity index (χ2n) is 5.91. The standard InChI is InChI=1S/C15H21NO3/c1-15(2,3)11-4-6-12(7-5-11)16-13(10-17)8-9-19-14(16)18/h4-7,13,17H,8-10H2,1-3H3. The van der Waals surface area contributed by atoms with Gasteiger partial charge in [-0.05, 0) is 23.1 Å². The minimum Gasteiger partial charge on any atom is -0.449 e. The molecule has 19 heavy (non-hydrogen) atoms. The third-order valence-corrected chi connectivity index (χ3v) is 3.46. The van der Waals surface area contributed by atoms with E-state index in [9.17, 15) is 9.90 Å². The second-order valence-corrected chi connectivity index (χ2v) is 5.91. The minimum absolute atomic E-state index is 0.0455. The normalized spacial score (nSPS) is 20.3. The van der Waals surface area contributed by atoms with Crippen molar-refractivity contribution in [2.75, 3.05) is 18.1 Å². The molecule has 104 valence electrons. The molecule has 2 rings (SSSR count). The molecule has 1 aromatic carbocycles. The number of carbonyl (C=O) groups excluding carboxylic acids is 1. The Balaban J connectivity index is 2.27. The Labute approximate surface area is 114 Å². The first-order valence-corrected chi connectivity index (χ1v) is 6.61. The summed E-state index contributed by atoms with van der Waals surface area (Å²) in [6, 6.07) is 7.67. The Bertz CT molecular complexity index is 447. The summed E-state index contributed by atoms with van der Waals surface area (Å²) >= 11 is 0. The van der Waals surface area contributed by atoms with Crippen molar-refractivity contribution in [3.63, 3.8) is 0 Å². The average molecular weight is 263 g/mol. The van der Waals surface area contributed by atoms with Gasteiger partial charge in [-0.3, -0.25) is 4.90 Å². The predicted octanol–water partition coefficient (Wildman–Crippen LogP) is 2.69. The van der Waals surface area contributed by atoms with Gasteiger partial charge in [-0.15, -0.1) is 0 Å². The molecule has 0 saturated carbocycles. The summed E-state index contributed by atoms with van der Waals surface area (Å²) in [6.07, 6.45) is 0.275. The molecule has 0 aromatic heterocycles. The van der Waals surface area contributed by atoms with E-state index in [1.807, 2.05) is 24.3 Å². The van der Waals surface area contributed by atoms with Gasteiger partial charge in [-0.2, -0.15) is 0 Å². The predicted molar refractivity (Wildman–Crippen MR) is 74.5 cm³/mol. The number of carbonyl (C=O) groups is 1. The molecule has 1 aliphatic heterocycles. The maximum Gasteiger partial charge on any atom is 0.414 e. The van der Waals surface area contributed by atoms with Crippen molar-refractivity contribution < 1.29 is 14.6 Å². The van der Waals surface area contributed by atoms with Gasteiger partial charge >= 0.3 is 6.09 Å². The van der Waals surface area contributed by atoms with Crippen molar-refractivity contribution >= 4 is 11.8 Å². The second kappa shape index (κ2) is 5.21. The summed E-state index contributed by atoms with van der Waals surface area (Å²) in [5.74, 6) is 0. The zero-order valence-corrected chi connectivity index (χ0v) is 11.7. The molecule has 1 aliphatic rings. The smallest absolute Gasteiger partial charge is 0.414 e. The lowest BCUT2D eigenvalue weighted by Crippen LogP contribution is -2.47. The maximum absolute atomic E-state index is 11.8. The van der Waals surface area contributed by atoms with Gasteiger partial charge in [0, 0.05) is 12.1 Å². The number of anilines is 1. The van der Waals surface area contributed by atoms with E-state index in [1.54, 1.807) is 0 Å². The number of aliphatic hydroxyl groups is 1. The van der Waals surface area contributed by atoms with E-state index in [-0.39, 0.29) is 24.2 Å². The van der Waals surface area contributed by atoms with Crippen LogP contribution in [0.2, 0.25) is 0 Å². The zero-order valence-electron chi connectivity index (χ0n) is 11.7. The van der Waals surface area contributed by atoms with Crippen LogP contribution in [0.15, 0.2) is 24.3 Å². The molecule has 1 aromatic rings. The highest BCUT2D eigenvalue weighted by Crippen LogP contribution is 2.27. The van der Waals surface area contributed by atoms with Gasteiger partial charge in [0.05, 0.1) is 19.3 Å². The quantitative estimate of drug-likeness (QED) is 0.892. The van der Waals surface area contributed by atoms with Crippen LogP contribution < -0.4 is 4.90 Å². The summed E-state index contributed by atoms with van der Waals surface area (Å²) in [7, 11) is 0. The third kappa shape index (κ3) is 2.89. The molecule has 0 bridgehead atoms. The summed E-state index contributed by atoms with van der Waals surface area (Å²) in [6.45, 7) is 6.77. The molecule has 1 N–H and O–H groups in total. The number of ether oxygens (including phenoxy) is 1. The summed E-state index contributed by atoms with van der Waals surface area (Å²) in [5, 5.41) is 9.37. The van der Waals surface area contributed by atoms with Gasteiger partial charge in [0.2, 0.25) is 0 Å². The largest absolute Gasteiger partial charge is 0.449 e. The lowest BCUT2D eigenvalue weighted by molar-refractivity contribution is 0.116. The molecule has 4 heteroatoms. The monoisotopic (exact) mass is 263 g/mol. The Morgan fingerprint density at radius 3 is 2.47 bits per heavy atom. The van der Waals surface area contributed by atoms with Crippen molar-refractivity contribution in [1.82, 2.24) is 0 Å². The number of rotatable bonds is 2. The lowest BCUT2D eigenvalue weighted by atomic mass is 9.87. The van der Waals surface area contributed by atoms with Gasteiger partial charge in [-0.25, -0.2) is 4.79 Å². The van der Waals surface area contributed by atoms with Crippen LogP contribution in [0.4, 0.5) is 10.5 Å². The Kier molecular flexibility index (Phi) is 3.80. The van der Waals surface area contributed by atoms with E-state index in [0.29, 0.717) is 13.0 Å². The van der Waals surface area contributed by atoms with E-state index in [0.717, 1.165) is 5.69 Å². The fraction of sp³-hybridized carbons (Fsp3) is 0.533. The highest BCUT2D eigenvalue weighted by atomic mass is 16.6. The molecule has 1 saturated heterocycles. The highest BCUT2D eigenvalue weighted by Gasteiger charge is 2.30. The van der Waals surface area contributed by atoms with E-state index in [2.05, 4.69) is 20.8 Å². The number of amides is 1. The number of nitrogens with zero attached hydrogens (tertiary/aromatic N) is 1. The van der Waals surface area contributed by atoms with E-state index in [1.165, 1.54) is 10.5 Å². The summed E-state index contributed by atoms with van der Waals surface area (Å²) in [5.41, 5.74) is 2.07. The topological polar surface area (TPSA) is 49.8 Å². The van der Waals surface area contributed by atoms with Crippen LogP contribution in [0.25, 0.3) is 0 Å². The third-order valence-electron chi connectivity index (χ3n) is 3.46. The van der Waals surface area contributed by atoms with Gasteiger partial charge in [0.1, 0.15) is 0 Å². The van der Waals surface area contributed by atoms with Crippen LogP contribution in [0, 0.1) is 0 Å². The molecule has 1 heterocycles. The summed E-state index contributed by atoms with van der Waals surface area (Å²) < 4.78 is 5.05. The van der Waals surface area contributed by atoms with E-state index < -0.39 is 0 Å². The van der Waals surface area contributed by atoms with Gasteiger partial charge in [0.15, 0.2) is 0 Å². The number of hydrogen-bond acceptors (Lipinski definition) is 3. The van der Waals surface area contributed by atoms with Crippen molar-refractivity contribution in [1.29, 1.82) is 0 Å². The van der Waals surface area contributed by atoms with Crippen LogP contribution in [0.3, 0.4) is 0 Å². The first-order chi connectivity index (χ1) is 8.93. The summed E-state index contributed by atoms with van der Waals surface area (Å²) in [4.78, 5) is 13.4. The first-order valence-electron chi connectivity index (χ1n) is 6.61. The van der Waals surface area contributed by atoms with Crippen LogP contribution in [0.5, 0.6) is 0 Å².